The highest BCUT2D eigenvalue weighted by Crippen LogP contribution is 2.07. The molecule has 2 nitrogen and oxygen atoms in total. The van der Waals surface area contributed by atoms with Gasteiger partial charge in [0.05, 0.1) is 0 Å². The number of benzene rings is 2. The summed E-state index contributed by atoms with van der Waals surface area (Å²) >= 11 is 0. The molecule has 0 radical (unpaired) electrons. The molecule has 0 aliphatic carbocycles. The van der Waals surface area contributed by atoms with E-state index in [2.05, 4.69) is 0 Å². The monoisotopic (exact) mass is 212 g/mol. The average Bonchev–Trinajstić information content (AvgIpc) is 2.31. The third kappa shape index (κ3) is 2.51. The van der Waals surface area contributed by atoms with Crippen LogP contribution in [-0.4, -0.2) is 17.2 Å². The topological polar surface area (TPSA) is 40.5 Å². The fourth-order valence-corrected chi connectivity index (χ4v) is 1.76. The Morgan fingerprint density at radius 3 is 2.12 bits per heavy atom. The molecule has 3 heteroatoms. The minimum Gasteiger partial charge on any atom is -0.423 e. The molecule has 0 aromatic heterocycles. The fraction of sp³-hybridized carbons (Fsp3) is 0.0769. The number of rotatable bonds is 3. The lowest BCUT2D eigenvalue weighted by Crippen LogP contribution is -2.32. The van der Waals surface area contributed by atoms with Crippen LogP contribution < -0.4 is 5.46 Å². The van der Waals surface area contributed by atoms with Gasteiger partial charge in [0.1, 0.15) is 0 Å². The van der Waals surface area contributed by atoms with Gasteiger partial charge in [-0.15, -0.1) is 0 Å². The highest BCUT2D eigenvalue weighted by molar-refractivity contribution is 6.59. The molecule has 0 aliphatic rings. The first-order valence-corrected chi connectivity index (χ1v) is 5.25. The Kier molecular flexibility index (Phi) is 3.39. The van der Waals surface area contributed by atoms with Crippen LogP contribution in [0.25, 0.3) is 0 Å². The second-order valence-electron chi connectivity index (χ2n) is 3.73. The van der Waals surface area contributed by atoms with E-state index in [-0.39, 0.29) is 0 Å². The molecule has 0 saturated carbocycles. The van der Waals surface area contributed by atoms with Crippen molar-refractivity contribution in [3.05, 3.63) is 65.7 Å². The fourth-order valence-electron chi connectivity index (χ4n) is 1.76. The Bertz CT molecular complexity index is 454. The van der Waals surface area contributed by atoms with Crippen molar-refractivity contribution in [3.63, 3.8) is 0 Å². The Labute approximate surface area is 95.3 Å². The molecule has 2 aromatic carbocycles. The molecule has 0 aliphatic heterocycles. The van der Waals surface area contributed by atoms with Gasteiger partial charge < -0.3 is 10.0 Å². The SMILES string of the molecule is OB(O)c1ccccc1Cc1ccccc1. The molecule has 0 fully saturated rings. The summed E-state index contributed by atoms with van der Waals surface area (Å²) in [5.41, 5.74) is 2.69. The molecule has 2 aromatic rings. The summed E-state index contributed by atoms with van der Waals surface area (Å²) in [5, 5.41) is 18.5. The zero-order chi connectivity index (χ0) is 11.4. The standard InChI is InChI=1S/C13H13BO2/c15-14(16)13-9-5-4-8-12(13)10-11-6-2-1-3-7-11/h1-9,15-16H,10H2. The van der Waals surface area contributed by atoms with Crippen LogP contribution in [0, 0.1) is 0 Å². The van der Waals surface area contributed by atoms with E-state index in [9.17, 15) is 10.0 Å². The maximum absolute atomic E-state index is 9.24. The van der Waals surface area contributed by atoms with Gasteiger partial charge >= 0.3 is 7.12 Å². The van der Waals surface area contributed by atoms with Gasteiger partial charge in [0, 0.05) is 0 Å². The quantitative estimate of drug-likeness (QED) is 0.744. The highest BCUT2D eigenvalue weighted by Gasteiger charge is 2.14. The van der Waals surface area contributed by atoms with E-state index < -0.39 is 7.12 Å². The number of hydrogen-bond acceptors (Lipinski definition) is 2. The van der Waals surface area contributed by atoms with Crippen molar-refractivity contribution in [3.8, 4) is 0 Å². The Hall–Kier alpha value is -1.58. The van der Waals surface area contributed by atoms with Crippen LogP contribution in [0.3, 0.4) is 0 Å². The van der Waals surface area contributed by atoms with Crippen LogP contribution in [-0.2, 0) is 6.42 Å². The molecule has 2 N–H and O–H groups in total. The third-order valence-electron chi connectivity index (χ3n) is 2.57. The summed E-state index contributed by atoms with van der Waals surface area (Å²) in [4.78, 5) is 0. The molecule has 80 valence electrons. The van der Waals surface area contributed by atoms with Gasteiger partial charge in [0.2, 0.25) is 0 Å². The minimum atomic E-state index is -1.40. The Morgan fingerprint density at radius 2 is 1.44 bits per heavy atom. The normalized spacial score (nSPS) is 10.1. The first-order chi connectivity index (χ1) is 7.77. The maximum Gasteiger partial charge on any atom is 0.488 e. The highest BCUT2D eigenvalue weighted by atomic mass is 16.4. The number of hydrogen-bond donors (Lipinski definition) is 2. The molecular formula is C13H13BO2. The average molecular weight is 212 g/mol. The van der Waals surface area contributed by atoms with E-state index in [1.807, 2.05) is 48.5 Å². The summed E-state index contributed by atoms with van der Waals surface area (Å²) in [6.07, 6.45) is 0.717. The van der Waals surface area contributed by atoms with E-state index in [1.165, 1.54) is 0 Å². The molecular weight excluding hydrogens is 199 g/mol. The van der Waals surface area contributed by atoms with Gasteiger partial charge in [-0.05, 0) is 23.0 Å². The maximum atomic E-state index is 9.24. The lowest BCUT2D eigenvalue weighted by molar-refractivity contribution is 0.425. The van der Waals surface area contributed by atoms with Gasteiger partial charge in [-0.3, -0.25) is 0 Å². The van der Waals surface area contributed by atoms with Crippen molar-refractivity contribution in [1.29, 1.82) is 0 Å². The van der Waals surface area contributed by atoms with Gasteiger partial charge in [0.15, 0.2) is 0 Å². The lowest BCUT2D eigenvalue weighted by Gasteiger charge is -2.08. The van der Waals surface area contributed by atoms with E-state index in [0.29, 0.717) is 11.9 Å². The zero-order valence-corrected chi connectivity index (χ0v) is 8.88. The molecule has 16 heavy (non-hydrogen) atoms. The largest absolute Gasteiger partial charge is 0.488 e. The van der Waals surface area contributed by atoms with Gasteiger partial charge in [-0.2, -0.15) is 0 Å². The summed E-state index contributed by atoms with van der Waals surface area (Å²) in [6.45, 7) is 0. The molecule has 0 amide bonds. The summed E-state index contributed by atoms with van der Waals surface area (Å²) in [7, 11) is -1.40. The van der Waals surface area contributed by atoms with Crippen LogP contribution in [0.5, 0.6) is 0 Å². The first-order valence-electron chi connectivity index (χ1n) is 5.25. The van der Waals surface area contributed by atoms with Crippen molar-refractivity contribution in [2.75, 3.05) is 0 Å². The lowest BCUT2D eigenvalue weighted by atomic mass is 9.76. The van der Waals surface area contributed by atoms with E-state index >= 15 is 0 Å². The Balaban J connectivity index is 2.28. The van der Waals surface area contributed by atoms with E-state index in [4.69, 9.17) is 0 Å². The van der Waals surface area contributed by atoms with Crippen LogP contribution >= 0.6 is 0 Å². The summed E-state index contributed by atoms with van der Waals surface area (Å²) in [5.74, 6) is 0. The third-order valence-corrected chi connectivity index (χ3v) is 2.57. The molecule has 0 unspecified atom stereocenters. The van der Waals surface area contributed by atoms with Crippen LogP contribution in [0.15, 0.2) is 54.6 Å². The molecule has 0 heterocycles. The van der Waals surface area contributed by atoms with Gasteiger partial charge in [-0.25, -0.2) is 0 Å². The predicted molar refractivity (Wildman–Crippen MR) is 65.5 cm³/mol. The smallest absolute Gasteiger partial charge is 0.423 e. The predicted octanol–water partition coefficient (Wildman–Crippen LogP) is 0.957. The van der Waals surface area contributed by atoms with Crippen LogP contribution in [0.1, 0.15) is 11.1 Å². The summed E-state index contributed by atoms with van der Waals surface area (Å²) in [6, 6.07) is 17.4. The van der Waals surface area contributed by atoms with Crippen molar-refractivity contribution >= 4 is 12.6 Å². The second-order valence-corrected chi connectivity index (χ2v) is 3.73. The molecule has 0 bridgehead atoms. The van der Waals surface area contributed by atoms with Crippen molar-refractivity contribution in [1.82, 2.24) is 0 Å². The molecule has 0 atom stereocenters. The van der Waals surface area contributed by atoms with Crippen LogP contribution in [0.2, 0.25) is 0 Å². The molecule has 2 rings (SSSR count). The van der Waals surface area contributed by atoms with Crippen molar-refractivity contribution in [2.45, 2.75) is 6.42 Å². The van der Waals surface area contributed by atoms with E-state index in [1.54, 1.807) is 6.07 Å². The Morgan fingerprint density at radius 1 is 0.812 bits per heavy atom. The molecule has 0 saturated heterocycles. The van der Waals surface area contributed by atoms with Gasteiger partial charge in [-0.1, -0.05) is 54.6 Å². The van der Waals surface area contributed by atoms with Crippen LogP contribution in [0.4, 0.5) is 0 Å². The second kappa shape index (κ2) is 4.97. The van der Waals surface area contributed by atoms with Gasteiger partial charge in [0.25, 0.3) is 0 Å². The molecule has 0 spiro atoms. The van der Waals surface area contributed by atoms with Crippen molar-refractivity contribution < 1.29 is 10.0 Å². The van der Waals surface area contributed by atoms with E-state index in [0.717, 1.165) is 11.1 Å². The zero-order valence-electron chi connectivity index (χ0n) is 8.88. The van der Waals surface area contributed by atoms with Crippen molar-refractivity contribution in [2.24, 2.45) is 0 Å². The first kappa shape index (κ1) is 10.9. The minimum absolute atomic E-state index is 0.575. The summed E-state index contributed by atoms with van der Waals surface area (Å²) < 4.78 is 0.